The number of carbonyl (C=O) groups is 1. The van der Waals surface area contributed by atoms with E-state index in [0.717, 1.165) is 5.56 Å². The van der Waals surface area contributed by atoms with Crippen molar-refractivity contribution in [2.24, 2.45) is 5.73 Å². The third-order valence-electron chi connectivity index (χ3n) is 2.28. The van der Waals surface area contributed by atoms with Crippen molar-refractivity contribution in [3.8, 4) is 0 Å². The van der Waals surface area contributed by atoms with E-state index in [4.69, 9.17) is 15.2 Å². The van der Waals surface area contributed by atoms with E-state index in [1.807, 2.05) is 37.3 Å². The molecule has 0 bridgehead atoms. The summed E-state index contributed by atoms with van der Waals surface area (Å²) >= 11 is 0. The molecule has 0 saturated carbocycles. The van der Waals surface area contributed by atoms with Gasteiger partial charge in [-0.1, -0.05) is 30.3 Å². The van der Waals surface area contributed by atoms with Crippen LogP contribution < -0.4 is 5.73 Å². The fraction of sp³-hybridized carbons (Fsp3) is 0.462. The fourth-order valence-corrected chi connectivity index (χ4v) is 1.40. The van der Waals surface area contributed by atoms with Gasteiger partial charge in [0.1, 0.15) is 12.6 Å². The van der Waals surface area contributed by atoms with Crippen molar-refractivity contribution in [1.82, 2.24) is 0 Å². The maximum Gasteiger partial charge on any atom is 0.323 e. The van der Waals surface area contributed by atoms with Crippen LogP contribution in [0.5, 0.6) is 0 Å². The maximum absolute atomic E-state index is 11.5. The number of hydrogen-bond donors (Lipinski definition) is 1. The normalized spacial score (nSPS) is 12.1. The Morgan fingerprint density at radius 2 is 2.00 bits per heavy atom. The molecule has 0 aromatic heterocycles. The smallest absolute Gasteiger partial charge is 0.323 e. The van der Waals surface area contributed by atoms with E-state index in [9.17, 15) is 4.79 Å². The van der Waals surface area contributed by atoms with Crippen molar-refractivity contribution in [3.63, 3.8) is 0 Å². The van der Waals surface area contributed by atoms with Crippen LogP contribution in [0.1, 0.15) is 12.5 Å². The van der Waals surface area contributed by atoms with E-state index >= 15 is 0 Å². The van der Waals surface area contributed by atoms with E-state index < -0.39 is 6.04 Å². The van der Waals surface area contributed by atoms with Gasteiger partial charge in [0.25, 0.3) is 0 Å². The van der Waals surface area contributed by atoms with Crippen molar-refractivity contribution in [1.29, 1.82) is 0 Å². The summed E-state index contributed by atoms with van der Waals surface area (Å²) in [6.45, 7) is 3.19. The van der Waals surface area contributed by atoms with Crippen molar-refractivity contribution in [3.05, 3.63) is 35.9 Å². The van der Waals surface area contributed by atoms with Gasteiger partial charge in [-0.05, 0) is 18.9 Å². The van der Waals surface area contributed by atoms with Crippen LogP contribution in [-0.4, -0.2) is 31.8 Å². The minimum atomic E-state index is -0.612. The molecule has 0 spiro atoms. The van der Waals surface area contributed by atoms with Gasteiger partial charge in [-0.25, -0.2) is 0 Å². The quantitative estimate of drug-likeness (QED) is 0.570. The zero-order chi connectivity index (χ0) is 12.5. The van der Waals surface area contributed by atoms with Crippen LogP contribution in [0.3, 0.4) is 0 Å². The molecule has 0 aliphatic carbocycles. The van der Waals surface area contributed by atoms with Crippen molar-refractivity contribution in [2.75, 3.05) is 19.8 Å². The second-order valence-corrected chi connectivity index (χ2v) is 3.66. The third kappa shape index (κ3) is 5.47. The standard InChI is InChI=1S/C13H19NO3/c1-2-16-8-9-17-13(15)12(14)10-11-6-4-3-5-7-11/h3-7,12H,2,8-10,14H2,1H3. The minimum absolute atomic E-state index is 0.259. The zero-order valence-electron chi connectivity index (χ0n) is 10.1. The van der Waals surface area contributed by atoms with Gasteiger partial charge in [-0.2, -0.15) is 0 Å². The Kier molecular flexibility index (Phi) is 6.29. The van der Waals surface area contributed by atoms with Gasteiger partial charge < -0.3 is 15.2 Å². The molecule has 1 aromatic carbocycles. The Balaban J connectivity index is 2.27. The van der Waals surface area contributed by atoms with E-state index in [1.165, 1.54) is 0 Å². The highest BCUT2D eigenvalue weighted by molar-refractivity contribution is 5.75. The van der Waals surface area contributed by atoms with Crippen LogP contribution in [0.25, 0.3) is 0 Å². The molecule has 0 amide bonds. The summed E-state index contributed by atoms with van der Waals surface area (Å²) in [4.78, 5) is 11.5. The van der Waals surface area contributed by atoms with Gasteiger partial charge >= 0.3 is 5.97 Å². The molecule has 4 nitrogen and oxygen atoms in total. The monoisotopic (exact) mass is 237 g/mol. The number of ether oxygens (including phenoxy) is 2. The van der Waals surface area contributed by atoms with Gasteiger partial charge in [0.15, 0.2) is 0 Å². The maximum atomic E-state index is 11.5. The molecule has 4 heteroatoms. The van der Waals surface area contributed by atoms with Crippen LogP contribution >= 0.6 is 0 Å². The van der Waals surface area contributed by atoms with Crippen LogP contribution in [0.4, 0.5) is 0 Å². The summed E-state index contributed by atoms with van der Waals surface area (Å²) < 4.78 is 10.1. The Morgan fingerprint density at radius 3 is 2.65 bits per heavy atom. The summed E-state index contributed by atoms with van der Waals surface area (Å²) in [5, 5.41) is 0. The first kappa shape index (κ1) is 13.7. The molecule has 94 valence electrons. The summed E-state index contributed by atoms with van der Waals surface area (Å²) in [6.07, 6.45) is 0.494. The van der Waals surface area contributed by atoms with E-state index in [0.29, 0.717) is 19.6 Å². The fourth-order valence-electron chi connectivity index (χ4n) is 1.40. The van der Waals surface area contributed by atoms with Crippen LogP contribution in [0.2, 0.25) is 0 Å². The average Bonchev–Trinajstić information content (AvgIpc) is 2.35. The highest BCUT2D eigenvalue weighted by Crippen LogP contribution is 2.02. The number of hydrogen-bond acceptors (Lipinski definition) is 4. The Labute approximate surface area is 102 Å². The molecular weight excluding hydrogens is 218 g/mol. The topological polar surface area (TPSA) is 61.5 Å². The molecular formula is C13H19NO3. The first-order chi connectivity index (χ1) is 8.24. The predicted molar refractivity (Wildman–Crippen MR) is 65.6 cm³/mol. The van der Waals surface area contributed by atoms with Gasteiger partial charge in [-0.3, -0.25) is 4.79 Å². The van der Waals surface area contributed by atoms with Gasteiger partial charge in [0.05, 0.1) is 6.61 Å². The van der Waals surface area contributed by atoms with Crippen molar-refractivity contribution < 1.29 is 14.3 Å². The SMILES string of the molecule is CCOCCOC(=O)C(N)Cc1ccccc1. The second-order valence-electron chi connectivity index (χ2n) is 3.66. The molecule has 0 fully saturated rings. The number of carbonyl (C=O) groups excluding carboxylic acids is 1. The largest absolute Gasteiger partial charge is 0.462 e. The van der Waals surface area contributed by atoms with Crippen LogP contribution in [0.15, 0.2) is 30.3 Å². The Hall–Kier alpha value is -1.39. The number of benzene rings is 1. The predicted octanol–water partition coefficient (Wildman–Crippen LogP) is 1.14. The first-order valence-corrected chi connectivity index (χ1v) is 5.78. The van der Waals surface area contributed by atoms with Crippen molar-refractivity contribution >= 4 is 5.97 Å². The van der Waals surface area contributed by atoms with Gasteiger partial charge in [0, 0.05) is 6.61 Å². The highest BCUT2D eigenvalue weighted by atomic mass is 16.6. The third-order valence-corrected chi connectivity index (χ3v) is 2.28. The summed E-state index contributed by atoms with van der Waals surface area (Å²) in [5.41, 5.74) is 6.78. The molecule has 0 heterocycles. The summed E-state index contributed by atoms with van der Waals surface area (Å²) in [7, 11) is 0. The lowest BCUT2D eigenvalue weighted by atomic mass is 10.1. The molecule has 0 aliphatic rings. The van der Waals surface area contributed by atoms with E-state index in [1.54, 1.807) is 0 Å². The molecule has 1 unspecified atom stereocenters. The molecule has 2 N–H and O–H groups in total. The molecule has 0 saturated heterocycles. The van der Waals surface area contributed by atoms with E-state index in [-0.39, 0.29) is 12.6 Å². The summed E-state index contributed by atoms with van der Waals surface area (Å²) in [5.74, 6) is -0.381. The molecule has 1 aromatic rings. The zero-order valence-corrected chi connectivity index (χ0v) is 10.1. The second kappa shape index (κ2) is 7.81. The molecule has 0 aliphatic heterocycles. The lowest BCUT2D eigenvalue weighted by molar-refractivity contribution is -0.146. The number of esters is 1. The summed E-state index contributed by atoms with van der Waals surface area (Å²) in [6, 6.07) is 9.03. The lowest BCUT2D eigenvalue weighted by Crippen LogP contribution is -2.35. The molecule has 1 rings (SSSR count). The van der Waals surface area contributed by atoms with E-state index in [2.05, 4.69) is 0 Å². The average molecular weight is 237 g/mol. The highest BCUT2D eigenvalue weighted by Gasteiger charge is 2.15. The molecule has 17 heavy (non-hydrogen) atoms. The number of rotatable bonds is 7. The Bertz CT molecular complexity index is 327. The van der Waals surface area contributed by atoms with Gasteiger partial charge in [-0.15, -0.1) is 0 Å². The van der Waals surface area contributed by atoms with Gasteiger partial charge in [0.2, 0.25) is 0 Å². The lowest BCUT2D eigenvalue weighted by Gasteiger charge is -2.11. The van der Waals surface area contributed by atoms with Crippen LogP contribution in [0, 0.1) is 0 Å². The van der Waals surface area contributed by atoms with Crippen molar-refractivity contribution in [2.45, 2.75) is 19.4 Å². The minimum Gasteiger partial charge on any atom is -0.462 e. The first-order valence-electron chi connectivity index (χ1n) is 5.78. The molecule has 0 radical (unpaired) electrons. The number of nitrogens with two attached hydrogens (primary N) is 1. The Morgan fingerprint density at radius 1 is 1.29 bits per heavy atom. The molecule has 1 atom stereocenters. The van der Waals surface area contributed by atoms with Crippen LogP contribution in [-0.2, 0) is 20.7 Å².